The van der Waals surface area contributed by atoms with Gasteiger partial charge in [0.25, 0.3) is 0 Å². The molecule has 1 aliphatic rings. The third kappa shape index (κ3) is 3.01. The highest BCUT2D eigenvalue weighted by atomic mass is 14.9. The van der Waals surface area contributed by atoms with Gasteiger partial charge in [-0.25, -0.2) is 0 Å². The summed E-state index contributed by atoms with van der Waals surface area (Å²) in [4.78, 5) is 4.53. The molecule has 1 saturated carbocycles. The maximum Gasteiger partial charge on any atom is 0.0746 e. The predicted molar refractivity (Wildman–Crippen MR) is 84.6 cm³/mol. The summed E-state index contributed by atoms with van der Waals surface area (Å²) < 4.78 is 0. The Bertz CT molecular complexity index is 553. The van der Waals surface area contributed by atoms with Crippen LogP contribution in [0.5, 0.6) is 0 Å². The first-order chi connectivity index (χ1) is 9.84. The van der Waals surface area contributed by atoms with Crippen molar-refractivity contribution in [3.63, 3.8) is 0 Å². The van der Waals surface area contributed by atoms with Gasteiger partial charge < -0.3 is 5.32 Å². The molecule has 0 aliphatic heterocycles. The van der Waals surface area contributed by atoms with Crippen LogP contribution < -0.4 is 5.32 Å². The summed E-state index contributed by atoms with van der Waals surface area (Å²) in [5, 5.41) is 4.95. The van der Waals surface area contributed by atoms with E-state index in [1.165, 1.54) is 43.1 Å². The Labute approximate surface area is 121 Å². The molecule has 2 nitrogen and oxygen atoms in total. The van der Waals surface area contributed by atoms with Gasteiger partial charge in [-0.3, -0.25) is 4.98 Å². The van der Waals surface area contributed by atoms with Crippen molar-refractivity contribution in [2.75, 3.05) is 0 Å². The molecule has 0 amide bonds. The molecule has 2 aromatic rings. The first-order valence-corrected chi connectivity index (χ1v) is 7.90. The van der Waals surface area contributed by atoms with Crippen LogP contribution in [0.3, 0.4) is 0 Å². The molecular formula is C18H24N2. The van der Waals surface area contributed by atoms with E-state index in [2.05, 4.69) is 41.5 Å². The minimum atomic E-state index is 0.606. The average Bonchev–Trinajstić information content (AvgIpc) is 2.53. The van der Waals surface area contributed by atoms with Crippen molar-refractivity contribution in [1.29, 1.82) is 0 Å². The molecule has 2 heteroatoms. The van der Waals surface area contributed by atoms with Gasteiger partial charge in [0.1, 0.15) is 0 Å². The smallest absolute Gasteiger partial charge is 0.0746 e. The quantitative estimate of drug-likeness (QED) is 0.894. The minimum absolute atomic E-state index is 0.606. The van der Waals surface area contributed by atoms with Crippen molar-refractivity contribution in [2.24, 2.45) is 5.92 Å². The highest BCUT2D eigenvalue weighted by Crippen LogP contribution is 2.26. The van der Waals surface area contributed by atoms with E-state index in [1.807, 2.05) is 12.3 Å². The van der Waals surface area contributed by atoms with Crippen molar-refractivity contribution in [2.45, 2.75) is 51.6 Å². The van der Waals surface area contributed by atoms with E-state index in [9.17, 15) is 0 Å². The highest BCUT2D eigenvalue weighted by Gasteiger charge is 2.19. The largest absolute Gasteiger partial charge is 0.310 e. The molecule has 106 valence electrons. The van der Waals surface area contributed by atoms with E-state index in [0.717, 1.165) is 18.0 Å². The molecule has 1 fully saturated rings. The third-order valence-electron chi connectivity index (χ3n) is 4.69. The van der Waals surface area contributed by atoms with Crippen LogP contribution in [0, 0.1) is 5.92 Å². The van der Waals surface area contributed by atoms with Gasteiger partial charge in [0.15, 0.2) is 0 Å². The fraction of sp³-hybridized carbons (Fsp3) is 0.500. The summed E-state index contributed by atoms with van der Waals surface area (Å²) in [5.74, 6) is 0.853. The van der Waals surface area contributed by atoms with E-state index in [0.29, 0.717) is 6.04 Å². The van der Waals surface area contributed by atoms with Crippen LogP contribution in [0.4, 0.5) is 0 Å². The van der Waals surface area contributed by atoms with Gasteiger partial charge in [-0.2, -0.15) is 0 Å². The maximum atomic E-state index is 4.53. The van der Waals surface area contributed by atoms with Crippen LogP contribution >= 0.6 is 0 Å². The minimum Gasteiger partial charge on any atom is -0.310 e. The Balaban J connectivity index is 1.67. The Morgan fingerprint density at radius 3 is 2.80 bits per heavy atom. The molecule has 3 rings (SSSR count). The lowest BCUT2D eigenvalue weighted by Gasteiger charge is -2.28. The summed E-state index contributed by atoms with van der Waals surface area (Å²) in [7, 11) is 0. The van der Waals surface area contributed by atoms with Crippen molar-refractivity contribution in [3.8, 4) is 0 Å². The second-order valence-corrected chi connectivity index (χ2v) is 6.06. The molecule has 0 bridgehead atoms. The first-order valence-electron chi connectivity index (χ1n) is 7.90. The molecule has 1 aromatic heterocycles. The monoisotopic (exact) mass is 268 g/mol. The van der Waals surface area contributed by atoms with E-state index >= 15 is 0 Å². The lowest BCUT2D eigenvalue weighted by molar-refractivity contribution is 0.281. The van der Waals surface area contributed by atoms with Crippen LogP contribution in [-0.2, 0) is 6.54 Å². The number of benzene rings is 1. The standard InChI is InChI=1S/C18H24N2/c1-14(15-7-3-2-4-8-15)20-13-17-10-5-9-16-11-6-12-19-18(16)17/h5-6,9-12,14-15,20H,2-4,7-8,13H2,1H3/t14-/m0/s1. The van der Waals surface area contributed by atoms with Gasteiger partial charge in [0, 0.05) is 24.2 Å². The summed E-state index contributed by atoms with van der Waals surface area (Å²) in [6, 6.07) is 11.2. The van der Waals surface area contributed by atoms with Crippen LogP contribution in [0.2, 0.25) is 0 Å². The fourth-order valence-corrected chi connectivity index (χ4v) is 3.38. The number of hydrogen-bond donors (Lipinski definition) is 1. The van der Waals surface area contributed by atoms with Crippen LogP contribution in [0.15, 0.2) is 36.5 Å². The molecule has 1 N–H and O–H groups in total. The van der Waals surface area contributed by atoms with E-state index < -0.39 is 0 Å². The number of nitrogens with one attached hydrogen (secondary N) is 1. The first kappa shape index (κ1) is 13.6. The van der Waals surface area contributed by atoms with Gasteiger partial charge in [-0.15, -0.1) is 0 Å². The van der Waals surface area contributed by atoms with Crippen molar-refractivity contribution in [1.82, 2.24) is 10.3 Å². The van der Waals surface area contributed by atoms with Gasteiger partial charge in [-0.1, -0.05) is 43.5 Å². The Kier molecular flexibility index (Phi) is 4.31. The fourth-order valence-electron chi connectivity index (χ4n) is 3.38. The second-order valence-electron chi connectivity index (χ2n) is 6.06. The van der Waals surface area contributed by atoms with Crippen molar-refractivity contribution >= 4 is 10.9 Å². The zero-order chi connectivity index (χ0) is 13.8. The van der Waals surface area contributed by atoms with Crippen LogP contribution in [0.1, 0.15) is 44.6 Å². The zero-order valence-electron chi connectivity index (χ0n) is 12.3. The third-order valence-corrected chi connectivity index (χ3v) is 4.69. The summed E-state index contributed by atoms with van der Waals surface area (Å²) in [6.45, 7) is 3.26. The second kappa shape index (κ2) is 6.36. The SMILES string of the molecule is C[C@H](NCc1cccc2cccnc12)C1CCCCC1. The molecule has 1 aromatic carbocycles. The Morgan fingerprint density at radius 2 is 1.95 bits per heavy atom. The van der Waals surface area contributed by atoms with E-state index in [4.69, 9.17) is 0 Å². The van der Waals surface area contributed by atoms with Crippen molar-refractivity contribution in [3.05, 3.63) is 42.1 Å². The molecule has 0 unspecified atom stereocenters. The number of hydrogen-bond acceptors (Lipinski definition) is 2. The zero-order valence-corrected chi connectivity index (χ0v) is 12.3. The van der Waals surface area contributed by atoms with Gasteiger partial charge in [-0.05, 0) is 37.3 Å². The topological polar surface area (TPSA) is 24.9 Å². The number of para-hydroxylation sites is 1. The number of aromatic nitrogens is 1. The molecule has 20 heavy (non-hydrogen) atoms. The number of pyridine rings is 1. The molecule has 0 radical (unpaired) electrons. The highest BCUT2D eigenvalue weighted by molar-refractivity contribution is 5.81. The van der Waals surface area contributed by atoms with Gasteiger partial charge >= 0.3 is 0 Å². The van der Waals surface area contributed by atoms with Crippen LogP contribution in [-0.4, -0.2) is 11.0 Å². The number of fused-ring (bicyclic) bond motifs is 1. The Morgan fingerprint density at radius 1 is 1.15 bits per heavy atom. The molecule has 1 atom stereocenters. The van der Waals surface area contributed by atoms with Gasteiger partial charge in [0.05, 0.1) is 5.52 Å². The molecule has 1 aliphatic carbocycles. The molecule has 0 saturated heterocycles. The predicted octanol–water partition coefficient (Wildman–Crippen LogP) is 4.29. The van der Waals surface area contributed by atoms with E-state index in [-0.39, 0.29) is 0 Å². The normalized spacial score (nSPS) is 18.2. The average molecular weight is 268 g/mol. The molecular weight excluding hydrogens is 244 g/mol. The number of nitrogens with zero attached hydrogens (tertiary/aromatic N) is 1. The lowest BCUT2D eigenvalue weighted by atomic mass is 9.84. The summed E-state index contributed by atoms with van der Waals surface area (Å²) in [5.41, 5.74) is 2.45. The van der Waals surface area contributed by atoms with Gasteiger partial charge in [0.2, 0.25) is 0 Å². The van der Waals surface area contributed by atoms with Crippen molar-refractivity contribution < 1.29 is 0 Å². The summed E-state index contributed by atoms with van der Waals surface area (Å²) >= 11 is 0. The maximum absolute atomic E-state index is 4.53. The Hall–Kier alpha value is -1.41. The molecule has 1 heterocycles. The molecule has 0 spiro atoms. The lowest BCUT2D eigenvalue weighted by Crippen LogP contribution is -2.34. The van der Waals surface area contributed by atoms with Crippen LogP contribution in [0.25, 0.3) is 10.9 Å². The van der Waals surface area contributed by atoms with E-state index in [1.54, 1.807) is 0 Å². The summed E-state index contributed by atoms with van der Waals surface area (Å²) in [6.07, 6.45) is 8.91. The number of rotatable bonds is 4.